The summed E-state index contributed by atoms with van der Waals surface area (Å²) in [4.78, 5) is 2.49. The number of hydrogen-bond acceptors (Lipinski definition) is 4. The fraction of sp³-hybridized carbons (Fsp3) is 0.471. The Morgan fingerprint density at radius 1 is 1.43 bits per heavy atom. The highest BCUT2D eigenvalue weighted by atomic mass is 16.5. The van der Waals surface area contributed by atoms with Gasteiger partial charge in [0.15, 0.2) is 5.76 Å². The Morgan fingerprint density at radius 2 is 2.33 bits per heavy atom. The minimum Gasteiger partial charge on any atom is -0.497 e. The third-order valence-corrected chi connectivity index (χ3v) is 4.11. The van der Waals surface area contributed by atoms with E-state index in [-0.39, 0.29) is 0 Å². The first-order chi connectivity index (χ1) is 10.3. The van der Waals surface area contributed by atoms with Crippen LogP contribution in [0.15, 0.2) is 35.0 Å². The van der Waals surface area contributed by atoms with E-state index in [0.29, 0.717) is 0 Å². The van der Waals surface area contributed by atoms with Crippen molar-refractivity contribution in [1.82, 2.24) is 10.1 Å². The lowest BCUT2D eigenvalue weighted by atomic mass is 9.99. The second-order valence-corrected chi connectivity index (χ2v) is 5.89. The molecule has 0 aliphatic carbocycles. The molecule has 0 saturated carbocycles. The average Bonchev–Trinajstić information content (AvgIpc) is 2.95. The standard InChI is InChI=1S/C17H22N2O2/c1-13-5-4-8-19(11-13)12-15-10-18-21-17(15)14-6-3-7-16(9-14)20-2/h3,6-7,9-10,13H,4-5,8,11-12H2,1-2H3/t13-/m1/s1. The van der Waals surface area contributed by atoms with E-state index in [0.717, 1.165) is 48.2 Å². The van der Waals surface area contributed by atoms with Gasteiger partial charge in [-0.05, 0) is 37.4 Å². The molecule has 4 heteroatoms. The fourth-order valence-electron chi connectivity index (χ4n) is 3.05. The molecule has 1 saturated heterocycles. The van der Waals surface area contributed by atoms with E-state index < -0.39 is 0 Å². The van der Waals surface area contributed by atoms with E-state index in [4.69, 9.17) is 9.26 Å². The van der Waals surface area contributed by atoms with Gasteiger partial charge in [0, 0.05) is 24.2 Å². The molecule has 1 aromatic heterocycles. The molecule has 0 amide bonds. The zero-order valence-corrected chi connectivity index (χ0v) is 12.7. The number of piperidine rings is 1. The van der Waals surface area contributed by atoms with Crippen molar-refractivity contribution in [2.45, 2.75) is 26.3 Å². The zero-order valence-electron chi connectivity index (χ0n) is 12.7. The Hall–Kier alpha value is -1.81. The van der Waals surface area contributed by atoms with Crippen LogP contribution < -0.4 is 4.74 Å². The third kappa shape index (κ3) is 3.27. The summed E-state index contributed by atoms with van der Waals surface area (Å²) in [5.41, 5.74) is 2.17. The number of methoxy groups -OCH3 is 1. The van der Waals surface area contributed by atoms with Crippen molar-refractivity contribution in [3.8, 4) is 17.1 Å². The van der Waals surface area contributed by atoms with Gasteiger partial charge in [-0.1, -0.05) is 24.2 Å². The normalized spacial score (nSPS) is 19.6. The summed E-state index contributed by atoms with van der Waals surface area (Å²) >= 11 is 0. The van der Waals surface area contributed by atoms with Crippen molar-refractivity contribution in [1.29, 1.82) is 0 Å². The Balaban J connectivity index is 1.80. The van der Waals surface area contributed by atoms with Crippen molar-refractivity contribution in [2.75, 3.05) is 20.2 Å². The zero-order chi connectivity index (χ0) is 14.7. The molecule has 0 spiro atoms. The highest BCUT2D eigenvalue weighted by molar-refractivity contribution is 5.62. The predicted molar refractivity (Wildman–Crippen MR) is 82.2 cm³/mol. The summed E-state index contributed by atoms with van der Waals surface area (Å²) in [7, 11) is 1.68. The molecule has 0 N–H and O–H groups in total. The first kappa shape index (κ1) is 14.1. The summed E-state index contributed by atoms with van der Waals surface area (Å²) in [5, 5.41) is 4.00. The van der Waals surface area contributed by atoms with Gasteiger partial charge in [0.2, 0.25) is 0 Å². The molecule has 0 radical (unpaired) electrons. The van der Waals surface area contributed by atoms with Gasteiger partial charge in [-0.15, -0.1) is 0 Å². The summed E-state index contributed by atoms with van der Waals surface area (Å²) in [6.07, 6.45) is 4.46. The van der Waals surface area contributed by atoms with Crippen molar-refractivity contribution in [3.63, 3.8) is 0 Å². The monoisotopic (exact) mass is 286 g/mol. The molecule has 1 atom stereocenters. The third-order valence-electron chi connectivity index (χ3n) is 4.11. The topological polar surface area (TPSA) is 38.5 Å². The number of hydrogen-bond donors (Lipinski definition) is 0. The number of nitrogens with zero attached hydrogens (tertiary/aromatic N) is 2. The van der Waals surface area contributed by atoms with Gasteiger partial charge in [-0.2, -0.15) is 0 Å². The molecule has 0 bridgehead atoms. The van der Waals surface area contributed by atoms with Gasteiger partial charge < -0.3 is 9.26 Å². The quantitative estimate of drug-likeness (QED) is 0.861. The Morgan fingerprint density at radius 3 is 3.14 bits per heavy atom. The molecule has 4 nitrogen and oxygen atoms in total. The highest BCUT2D eigenvalue weighted by Gasteiger charge is 2.19. The number of benzene rings is 1. The van der Waals surface area contributed by atoms with Crippen LogP contribution in [0.3, 0.4) is 0 Å². The largest absolute Gasteiger partial charge is 0.497 e. The van der Waals surface area contributed by atoms with Gasteiger partial charge in [0.05, 0.1) is 13.3 Å². The summed E-state index contributed by atoms with van der Waals surface area (Å²) < 4.78 is 10.8. The maximum absolute atomic E-state index is 5.49. The molecule has 0 unspecified atom stereocenters. The van der Waals surface area contributed by atoms with Crippen LogP contribution in [0.2, 0.25) is 0 Å². The van der Waals surface area contributed by atoms with Crippen LogP contribution in [-0.2, 0) is 6.54 Å². The minimum atomic E-state index is 0.777. The maximum Gasteiger partial charge on any atom is 0.171 e. The molecular formula is C17H22N2O2. The molecule has 2 heterocycles. The van der Waals surface area contributed by atoms with Crippen molar-refractivity contribution in [2.24, 2.45) is 5.92 Å². The predicted octanol–water partition coefficient (Wildman–Crippen LogP) is 3.58. The SMILES string of the molecule is COc1cccc(-c2oncc2CN2CCC[C@@H](C)C2)c1. The second-order valence-electron chi connectivity index (χ2n) is 5.89. The van der Waals surface area contributed by atoms with Crippen LogP contribution >= 0.6 is 0 Å². The van der Waals surface area contributed by atoms with E-state index in [2.05, 4.69) is 17.0 Å². The maximum atomic E-state index is 5.49. The Labute approximate surface area is 125 Å². The first-order valence-corrected chi connectivity index (χ1v) is 7.56. The Bertz CT molecular complexity index is 594. The molecule has 3 rings (SSSR count). The highest BCUT2D eigenvalue weighted by Crippen LogP contribution is 2.28. The van der Waals surface area contributed by atoms with E-state index in [9.17, 15) is 0 Å². The molecular weight excluding hydrogens is 264 g/mol. The summed E-state index contributed by atoms with van der Waals surface area (Å²) in [6.45, 7) is 5.54. The van der Waals surface area contributed by atoms with Gasteiger partial charge in [0.25, 0.3) is 0 Å². The van der Waals surface area contributed by atoms with Gasteiger partial charge in [-0.25, -0.2) is 0 Å². The molecule has 2 aromatic rings. The van der Waals surface area contributed by atoms with Crippen molar-refractivity contribution in [3.05, 3.63) is 36.0 Å². The lowest BCUT2D eigenvalue weighted by Crippen LogP contribution is -2.33. The average molecular weight is 286 g/mol. The summed E-state index contributed by atoms with van der Waals surface area (Å²) in [5.74, 6) is 2.47. The number of likely N-dealkylation sites (tertiary alicyclic amines) is 1. The molecule has 112 valence electrons. The first-order valence-electron chi connectivity index (χ1n) is 7.56. The van der Waals surface area contributed by atoms with Gasteiger partial charge >= 0.3 is 0 Å². The molecule has 1 aliphatic rings. The van der Waals surface area contributed by atoms with Crippen LogP contribution in [0.5, 0.6) is 5.75 Å². The van der Waals surface area contributed by atoms with E-state index in [1.807, 2.05) is 30.5 Å². The lowest BCUT2D eigenvalue weighted by molar-refractivity contribution is 0.176. The van der Waals surface area contributed by atoms with E-state index in [1.165, 1.54) is 12.8 Å². The van der Waals surface area contributed by atoms with Crippen LogP contribution in [0.1, 0.15) is 25.3 Å². The van der Waals surface area contributed by atoms with E-state index >= 15 is 0 Å². The smallest absolute Gasteiger partial charge is 0.171 e. The summed E-state index contributed by atoms with van der Waals surface area (Å²) in [6, 6.07) is 7.93. The van der Waals surface area contributed by atoms with Crippen LogP contribution in [0.4, 0.5) is 0 Å². The van der Waals surface area contributed by atoms with Crippen molar-refractivity contribution >= 4 is 0 Å². The van der Waals surface area contributed by atoms with Crippen LogP contribution in [0.25, 0.3) is 11.3 Å². The second kappa shape index (κ2) is 6.31. The number of rotatable bonds is 4. The lowest BCUT2D eigenvalue weighted by Gasteiger charge is -2.30. The molecule has 1 aliphatic heterocycles. The molecule has 1 fully saturated rings. The molecule has 1 aromatic carbocycles. The van der Waals surface area contributed by atoms with E-state index in [1.54, 1.807) is 7.11 Å². The fourth-order valence-corrected chi connectivity index (χ4v) is 3.05. The number of aromatic nitrogens is 1. The molecule has 21 heavy (non-hydrogen) atoms. The van der Waals surface area contributed by atoms with Crippen LogP contribution in [0, 0.1) is 5.92 Å². The van der Waals surface area contributed by atoms with Crippen LogP contribution in [-0.4, -0.2) is 30.3 Å². The Kier molecular flexibility index (Phi) is 4.25. The van der Waals surface area contributed by atoms with Gasteiger partial charge in [-0.3, -0.25) is 4.90 Å². The van der Waals surface area contributed by atoms with Gasteiger partial charge in [0.1, 0.15) is 5.75 Å². The van der Waals surface area contributed by atoms with Crippen molar-refractivity contribution < 1.29 is 9.26 Å². The minimum absolute atomic E-state index is 0.777. The number of ether oxygens (including phenoxy) is 1.